The summed E-state index contributed by atoms with van der Waals surface area (Å²) in [4.78, 5) is 60.0. The Labute approximate surface area is 262 Å². The van der Waals surface area contributed by atoms with Gasteiger partial charge in [-0.3, -0.25) is 19.2 Å². The molecular weight excluding hydrogens is 621 g/mol. The highest BCUT2D eigenvalue weighted by molar-refractivity contribution is 7.10. The number of alkyl halides is 3. The van der Waals surface area contributed by atoms with E-state index in [1.807, 2.05) is 13.8 Å². The summed E-state index contributed by atoms with van der Waals surface area (Å²) in [7, 11) is 2.97. The van der Waals surface area contributed by atoms with Gasteiger partial charge in [0.1, 0.15) is 10.7 Å². The molecule has 0 aromatic carbocycles. The van der Waals surface area contributed by atoms with E-state index >= 15 is 0 Å². The van der Waals surface area contributed by atoms with Crippen LogP contribution in [0.5, 0.6) is 0 Å². The van der Waals surface area contributed by atoms with Crippen LogP contribution in [0.2, 0.25) is 0 Å². The van der Waals surface area contributed by atoms with E-state index < -0.39 is 47.8 Å². The normalized spacial score (nSPS) is 16.1. The number of ether oxygens (including phenoxy) is 2. The average molecular weight is 661 g/mol. The molecule has 1 aliphatic carbocycles. The Bertz CT molecular complexity index is 1310. The fraction of sp³-hybridized carbons (Fsp3) is 0.655. The monoisotopic (exact) mass is 660 g/mol. The number of nitrogens with one attached hydrogen (secondary N) is 1. The lowest BCUT2D eigenvalue weighted by Crippen LogP contribution is -2.42. The van der Waals surface area contributed by atoms with Gasteiger partial charge in [0, 0.05) is 56.1 Å². The van der Waals surface area contributed by atoms with Gasteiger partial charge in [-0.25, -0.2) is 9.97 Å². The van der Waals surface area contributed by atoms with Gasteiger partial charge < -0.3 is 19.7 Å². The first-order valence-corrected chi connectivity index (χ1v) is 16.1. The van der Waals surface area contributed by atoms with E-state index in [1.165, 1.54) is 19.4 Å². The number of hydrogen-bond donors (Lipinski definition) is 1. The van der Waals surface area contributed by atoms with Crippen molar-refractivity contribution in [3.8, 4) is 0 Å². The Morgan fingerprint density at radius 1 is 1.09 bits per heavy atom. The second kappa shape index (κ2) is 15.3. The van der Waals surface area contributed by atoms with Crippen molar-refractivity contribution in [2.45, 2.75) is 90.6 Å². The number of amides is 2. The van der Waals surface area contributed by atoms with Crippen LogP contribution in [0.4, 0.5) is 13.2 Å². The van der Waals surface area contributed by atoms with Crippen LogP contribution < -0.4 is 5.32 Å². The number of thiazole rings is 2. The molecule has 4 atom stereocenters. The van der Waals surface area contributed by atoms with Crippen LogP contribution in [0.1, 0.15) is 92.1 Å². The van der Waals surface area contributed by atoms with Crippen molar-refractivity contribution in [2.24, 2.45) is 17.8 Å². The summed E-state index contributed by atoms with van der Waals surface area (Å²) < 4.78 is 49.7. The first-order chi connectivity index (χ1) is 20.6. The topological polar surface area (TPSA) is 128 Å². The zero-order valence-electron chi connectivity index (χ0n) is 25.6. The van der Waals surface area contributed by atoms with Crippen LogP contribution in [0.15, 0.2) is 10.8 Å². The molecule has 0 radical (unpaired) electrons. The van der Waals surface area contributed by atoms with Crippen molar-refractivity contribution in [1.82, 2.24) is 20.2 Å². The summed E-state index contributed by atoms with van der Waals surface area (Å²) in [5.74, 6) is -1.83. The Morgan fingerprint density at radius 2 is 1.77 bits per heavy atom. The molecule has 3 rings (SSSR count). The standard InChI is InChI=1S/C29H39F3N4O6S2/c1-15(2)21(36(5)25(38)10-18-7-8-18)12-22(42-17(4)37)27-34-20(13-44-27)26(39)33-19(9-16(3)28(40)41-6)11-24-35-23(14-43-24)29(30,31)32/h13-16,18-19,21-22H,7-12H2,1-6H3,(H,33,39)/t16-,19+,21?,22+/m0/s1. The van der Waals surface area contributed by atoms with Crippen molar-refractivity contribution in [1.29, 1.82) is 0 Å². The molecule has 2 aromatic rings. The van der Waals surface area contributed by atoms with Crippen LogP contribution >= 0.6 is 22.7 Å². The molecule has 2 aromatic heterocycles. The van der Waals surface area contributed by atoms with Gasteiger partial charge in [-0.2, -0.15) is 13.2 Å². The fourth-order valence-electron chi connectivity index (χ4n) is 4.86. The highest BCUT2D eigenvalue weighted by atomic mass is 32.1. The minimum Gasteiger partial charge on any atom is -0.469 e. The molecule has 0 saturated heterocycles. The lowest BCUT2D eigenvalue weighted by Gasteiger charge is -2.33. The van der Waals surface area contributed by atoms with Gasteiger partial charge >= 0.3 is 18.1 Å². The van der Waals surface area contributed by atoms with Crippen LogP contribution in [0.3, 0.4) is 0 Å². The maximum Gasteiger partial charge on any atom is 0.434 e. The lowest BCUT2D eigenvalue weighted by molar-refractivity contribution is -0.148. The van der Waals surface area contributed by atoms with Gasteiger partial charge in [0.05, 0.1) is 18.0 Å². The maximum absolute atomic E-state index is 13.3. The number of carbonyl (C=O) groups excluding carboxylic acids is 4. The van der Waals surface area contributed by atoms with Crippen LogP contribution in [0.25, 0.3) is 0 Å². The molecule has 1 unspecified atom stereocenters. The van der Waals surface area contributed by atoms with E-state index in [2.05, 4.69) is 15.3 Å². The van der Waals surface area contributed by atoms with E-state index in [0.29, 0.717) is 17.3 Å². The average Bonchev–Trinajstić information content (AvgIpc) is 3.39. The molecular formula is C29H39F3N4O6S2. The van der Waals surface area contributed by atoms with Crippen molar-refractivity contribution in [3.63, 3.8) is 0 Å². The first kappa shape index (κ1) is 35.4. The largest absolute Gasteiger partial charge is 0.469 e. The van der Waals surface area contributed by atoms with Gasteiger partial charge in [-0.15, -0.1) is 22.7 Å². The smallest absolute Gasteiger partial charge is 0.434 e. The third-order valence-corrected chi connectivity index (χ3v) is 9.26. The summed E-state index contributed by atoms with van der Waals surface area (Å²) in [6, 6.07) is -1.01. The van der Waals surface area contributed by atoms with Gasteiger partial charge in [-0.1, -0.05) is 20.8 Å². The molecule has 1 aliphatic rings. The lowest BCUT2D eigenvalue weighted by atomic mass is 9.96. The second-order valence-electron chi connectivity index (χ2n) is 11.5. The Hall–Kier alpha value is -3.07. The zero-order valence-corrected chi connectivity index (χ0v) is 27.2. The highest BCUT2D eigenvalue weighted by Gasteiger charge is 2.35. The van der Waals surface area contributed by atoms with Gasteiger partial charge in [-0.05, 0) is 31.1 Å². The highest BCUT2D eigenvalue weighted by Crippen LogP contribution is 2.35. The Kier molecular flexibility index (Phi) is 12.3. The fourth-order valence-corrected chi connectivity index (χ4v) is 6.58. The molecule has 10 nitrogen and oxygen atoms in total. The van der Waals surface area contributed by atoms with Crippen molar-refractivity contribution >= 4 is 46.4 Å². The quantitative estimate of drug-likeness (QED) is 0.251. The summed E-state index contributed by atoms with van der Waals surface area (Å²) in [5, 5.41) is 5.69. The second-order valence-corrected chi connectivity index (χ2v) is 13.4. The van der Waals surface area contributed by atoms with Crippen molar-refractivity contribution < 1.29 is 41.8 Å². The number of methoxy groups -OCH3 is 1. The van der Waals surface area contributed by atoms with Crippen LogP contribution in [-0.4, -0.2) is 64.9 Å². The minimum atomic E-state index is -4.60. The molecule has 1 fully saturated rings. The molecule has 244 valence electrons. The van der Waals surface area contributed by atoms with Gasteiger partial charge in [0.15, 0.2) is 11.8 Å². The number of hydrogen-bond acceptors (Lipinski definition) is 10. The molecule has 2 heterocycles. The number of aromatic nitrogens is 2. The number of halogens is 3. The zero-order chi connectivity index (χ0) is 32.8. The van der Waals surface area contributed by atoms with Gasteiger partial charge in [0.25, 0.3) is 5.91 Å². The van der Waals surface area contributed by atoms with E-state index in [-0.39, 0.29) is 47.8 Å². The molecule has 2 amide bonds. The molecule has 1 saturated carbocycles. The van der Waals surface area contributed by atoms with Crippen molar-refractivity contribution in [2.75, 3.05) is 14.2 Å². The number of carbonyl (C=O) groups is 4. The minimum absolute atomic E-state index is 0.0206. The predicted molar refractivity (Wildman–Crippen MR) is 158 cm³/mol. The van der Waals surface area contributed by atoms with Crippen molar-refractivity contribution in [3.05, 3.63) is 32.2 Å². The van der Waals surface area contributed by atoms with E-state index in [4.69, 9.17) is 9.47 Å². The summed E-state index contributed by atoms with van der Waals surface area (Å²) in [6.45, 7) is 6.83. The molecule has 44 heavy (non-hydrogen) atoms. The first-order valence-electron chi connectivity index (χ1n) is 14.4. The third-order valence-electron chi connectivity index (χ3n) is 7.45. The van der Waals surface area contributed by atoms with Crippen LogP contribution in [0, 0.1) is 17.8 Å². The number of nitrogens with zero attached hydrogens (tertiary/aromatic N) is 3. The van der Waals surface area contributed by atoms with Crippen LogP contribution in [-0.2, 0) is 36.5 Å². The SMILES string of the molecule is COC(=O)[C@@H](C)C[C@H](Cc1nc(C(F)(F)F)cs1)NC(=O)c1csc([C@@H](CC(C(C)C)N(C)C(=O)CC2CC2)OC(C)=O)n1. The third kappa shape index (κ3) is 10.2. The van der Waals surface area contributed by atoms with Gasteiger partial charge in [0.2, 0.25) is 5.91 Å². The summed E-state index contributed by atoms with van der Waals surface area (Å²) in [5.41, 5.74) is -1.00. The maximum atomic E-state index is 13.3. The molecule has 0 spiro atoms. The summed E-state index contributed by atoms with van der Waals surface area (Å²) >= 11 is 1.93. The Balaban J connectivity index is 1.78. The summed E-state index contributed by atoms with van der Waals surface area (Å²) in [6.07, 6.45) is -2.51. The predicted octanol–water partition coefficient (Wildman–Crippen LogP) is 5.44. The van der Waals surface area contributed by atoms with E-state index in [0.717, 1.165) is 40.9 Å². The number of rotatable bonds is 15. The Morgan fingerprint density at radius 3 is 2.32 bits per heavy atom. The molecule has 0 aliphatic heterocycles. The number of esters is 2. The molecule has 15 heteroatoms. The molecule has 1 N–H and O–H groups in total. The molecule has 0 bridgehead atoms. The van der Waals surface area contributed by atoms with E-state index in [1.54, 1.807) is 18.9 Å². The van der Waals surface area contributed by atoms with E-state index in [9.17, 15) is 32.3 Å².